The first-order valence-corrected chi connectivity index (χ1v) is 11.7. The highest BCUT2D eigenvalue weighted by Crippen LogP contribution is 2.30. The van der Waals surface area contributed by atoms with Gasteiger partial charge in [-0.3, -0.25) is 0 Å². The standard InChI is InChI=1S/C20H15F3N2O5S2/c21-20(22,23)16-10-12-18(13-11-16)32(28,29)30-19-9-5-4-6-15(19)14-24-25-31(26,27)17-7-2-1-3-8-17/h1-13H,14H2. The van der Waals surface area contributed by atoms with E-state index in [9.17, 15) is 30.0 Å². The molecule has 0 aliphatic heterocycles. The second-order valence-electron chi connectivity index (χ2n) is 6.34. The van der Waals surface area contributed by atoms with E-state index in [-0.39, 0.29) is 22.8 Å². The van der Waals surface area contributed by atoms with Crippen LogP contribution in [0, 0.1) is 0 Å². The Labute approximate surface area is 182 Å². The molecule has 0 unspecified atom stereocenters. The number of hydrogen-bond donors (Lipinski definition) is 0. The van der Waals surface area contributed by atoms with Crippen molar-refractivity contribution in [2.24, 2.45) is 9.63 Å². The summed E-state index contributed by atoms with van der Waals surface area (Å²) in [6, 6.07) is 16.0. The lowest BCUT2D eigenvalue weighted by Gasteiger charge is -2.11. The van der Waals surface area contributed by atoms with Crippen molar-refractivity contribution in [3.8, 4) is 5.75 Å². The van der Waals surface area contributed by atoms with Crippen molar-refractivity contribution in [1.29, 1.82) is 0 Å². The Kier molecular flexibility index (Phi) is 6.65. The van der Waals surface area contributed by atoms with E-state index >= 15 is 0 Å². The highest BCUT2D eigenvalue weighted by Gasteiger charge is 2.31. The van der Waals surface area contributed by atoms with Crippen molar-refractivity contribution in [3.63, 3.8) is 0 Å². The summed E-state index contributed by atoms with van der Waals surface area (Å²) in [5.74, 6) is -0.163. The van der Waals surface area contributed by atoms with Crippen LogP contribution in [0.2, 0.25) is 0 Å². The average molecular weight is 484 g/mol. The number of nitrogens with zero attached hydrogens (tertiary/aromatic N) is 2. The third kappa shape index (κ3) is 5.71. The van der Waals surface area contributed by atoms with Crippen molar-refractivity contribution < 1.29 is 34.2 Å². The van der Waals surface area contributed by atoms with E-state index in [1.54, 1.807) is 12.1 Å². The van der Waals surface area contributed by atoms with Crippen LogP contribution in [0.15, 0.2) is 98.3 Å². The summed E-state index contributed by atoms with van der Waals surface area (Å²) < 4.78 is 95.7. The predicted octanol–water partition coefficient (Wildman–Crippen LogP) is 4.81. The number of sulfonamides is 1. The summed E-state index contributed by atoms with van der Waals surface area (Å²) in [6.07, 6.45) is -4.61. The number of alkyl halides is 3. The number of rotatable bonds is 7. The van der Waals surface area contributed by atoms with Crippen molar-refractivity contribution in [3.05, 3.63) is 90.0 Å². The van der Waals surface area contributed by atoms with Crippen molar-refractivity contribution in [2.45, 2.75) is 22.5 Å². The maximum absolute atomic E-state index is 12.7. The van der Waals surface area contributed by atoms with Gasteiger partial charge in [-0.2, -0.15) is 35.1 Å². The quantitative estimate of drug-likeness (QED) is 0.354. The smallest absolute Gasteiger partial charge is 0.379 e. The van der Waals surface area contributed by atoms with Gasteiger partial charge in [-0.25, -0.2) is 0 Å². The van der Waals surface area contributed by atoms with Crippen LogP contribution in [0.4, 0.5) is 13.2 Å². The lowest BCUT2D eigenvalue weighted by Crippen LogP contribution is -2.12. The molecule has 0 N–H and O–H groups in total. The Balaban J connectivity index is 1.79. The first kappa shape index (κ1) is 23.4. The molecule has 0 saturated heterocycles. The third-order valence-corrected chi connectivity index (χ3v) is 6.54. The zero-order valence-corrected chi connectivity index (χ0v) is 17.7. The van der Waals surface area contributed by atoms with Gasteiger partial charge >= 0.3 is 16.3 Å². The Bertz CT molecular complexity index is 1320. The molecule has 32 heavy (non-hydrogen) atoms. The van der Waals surface area contributed by atoms with E-state index in [0.717, 1.165) is 12.1 Å². The summed E-state index contributed by atoms with van der Waals surface area (Å²) in [4.78, 5) is -0.535. The first-order chi connectivity index (χ1) is 15.0. The van der Waals surface area contributed by atoms with E-state index in [0.29, 0.717) is 12.1 Å². The van der Waals surface area contributed by atoms with Crippen LogP contribution in [0.3, 0.4) is 0 Å². The first-order valence-electron chi connectivity index (χ1n) is 8.87. The monoisotopic (exact) mass is 484 g/mol. The molecule has 0 heterocycles. The van der Waals surface area contributed by atoms with E-state index < -0.39 is 36.8 Å². The predicted molar refractivity (Wildman–Crippen MR) is 108 cm³/mol. The Morgan fingerprint density at radius 1 is 0.750 bits per heavy atom. The Morgan fingerprint density at radius 2 is 1.34 bits per heavy atom. The van der Waals surface area contributed by atoms with Crippen LogP contribution in [0.1, 0.15) is 11.1 Å². The SMILES string of the molecule is O=S(=O)(N=NCc1ccccc1OS(=O)(=O)c1ccc(C(F)(F)F)cc1)c1ccccc1. The second-order valence-corrected chi connectivity index (χ2v) is 9.47. The molecule has 0 aliphatic rings. The van der Waals surface area contributed by atoms with Gasteiger partial charge in [0.1, 0.15) is 10.6 Å². The fourth-order valence-electron chi connectivity index (χ4n) is 2.51. The molecular formula is C20H15F3N2O5S2. The average Bonchev–Trinajstić information content (AvgIpc) is 2.75. The van der Waals surface area contributed by atoms with E-state index in [1.807, 2.05) is 0 Å². The molecule has 3 rings (SSSR count). The third-order valence-electron chi connectivity index (χ3n) is 4.09. The van der Waals surface area contributed by atoms with E-state index in [2.05, 4.69) is 9.63 Å². The molecule has 168 valence electrons. The second kappa shape index (κ2) is 9.09. The molecule has 3 aromatic rings. The van der Waals surface area contributed by atoms with Crippen molar-refractivity contribution >= 4 is 20.1 Å². The normalized spacial score (nSPS) is 12.7. The zero-order chi connectivity index (χ0) is 23.4. The molecule has 0 aliphatic carbocycles. The Hall–Kier alpha value is -3.25. The lowest BCUT2D eigenvalue weighted by atomic mass is 10.2. The number of para-hydroxylation sites is 1. The maximum Gasteiger partial charge on any atom is 0.416 e. The van der Waals surface area contributed by atoms with Crippen LogP contribution >= 0.6 is 0 Å². The van der Waals surface area contributed by atoms with Gasteiger partial charge in [0.15, 0.2) is 0 Å². The van der Waals surface area contributed by atoms with Gasteiger partial charge in [-0.15, -0.1) is 0 Å². The zero-order valence-electron chi connectivity index (χ0n) is 16.1. The molecule has 3 aromatic carbocycles. The summed E-state index contributed by atoms with van der Waals surface area (Å²) in [5, 5.41) is 3.63. The highest BCUT2D eigenvalue weighted by molar-refractivity contribution is 7.90. The van der Waals surface area contributed by atoms with Gasteiger partial charge in [0.2, 0.25) is 0 Å². The molecule has 0 bridgehead atoms. The van der Waals surface area contributed by atoms with Gasteiger partial charge in [0.05, 0.1) is 17.0 Å². The van der Waals surface area contributed by atoms with Crippen LogP contribution in [0.25, 0.3) is 0 Å². The molecular weight excluding hydrogens is 469 g/mol. The van der Waals surface area contributed by atoms with Gasteiger partial charge in [0, 0.05) is 5.56 Å². The molecule has 0 amide bonds. The number of halogens is 3. The molecule has 0 saturated carbocycles. The fourth-order valence-corrected chi connectivity index (χ4v) is 4.28. The molecule has 0 aromatic heterocycles. The summed E-state index contributed by atoms with van der Waals surface area (Å²) in [5.41, 5.74) is -0.799. The topological polar surface area (TPSA) is 102 Å². The van der Waals surface area contributed by atoms with Gasteiger partial charge in [0.25, 0.3) is 10.0 Å². The number of benzene rings is 3. The molecule has 0 fully saturated rings. The summed E-state index contributed by atoms with van der Waals surface area (Å²) in [7, 11) is -8.48. The maximum atomic E-state index is 12.7. The van der Waals surface area contributed by atoms with Crippen LogP contribution < -0.4 is 4.18 Å². The fraction of sp³-hybridized carbons (Fsp3) is 0.100. The minimum atomic E-state index is -4.61. The molecule has 7 nitrogen and oxygen atoms in total. The number of hydrogen-bond acceptors (Lipinski definition) is 6. The van der Waals surface area contributed by atoms with Crippen LogP contribution in [-0.4, -0.2) is 16.8 Å². The minimum absolute atomic E-state index is 0.0573. The van der Waals surface area contributed by atoms with Gasteiger partial charge < -0.3 is 4.18 Å². The van der Waals surface area contributed by atoms with Crippen molar-refractivity contribution in [1.82, 2.24) is 0 Å². The van der Waals surface area contributed by atoms with E-state index in [4.69, 9.17) is 4.18 Å². The van der Waals surface area contributed by atoms with Gasteiger partial charge in [-0.05, 0) is 42.5 Å². The van der Waals surface area contributed by atoms with E-state index in [1.165, 1.54) is 42.5 Å². The lowest BCUT2D eigenvalue weighted by molar-refractivity contribution is -0.137. The molecule has 0 radical (unpaired) electrons. The largest absolute Gasteiger partial charge is 0.416 e. The summed E-state index contributed by atoms with van der Waals surface area (Å²) >= 11 is 0. The van der Waals surface area contributed by atoms with Crippen molar-refractivity contribution in [2.75, 3.05) is 0 Å². The Morgan fingerprint density at radius 3 is 1.97 bits per heavy atom. The van der Waals surface area contributed by atoms with Gasteiger partial charge in [-0.1, -0.05) is 40.9 Å². The molecule has 12 heteroatoms. The highest BCUT2D eigenvalue weighted by atomic mass is 32.2. The molecule has 0 spiro atoms. The minimum Gasteiger partial charge on any atom is -0.379 e. The molecule has 0 atom stereocenters. The van der Waals surface area contributed by atoms with Crippen LogP contribution in [-0.2, 0) is 32.9 Å². The summed E-state index contributed by atoms with van der Waals surface area (Å²) in [6.45, 7) is -0.315. The van der Waals surface area contributed by atoms with Crippen LogP contribution in [0.5, 0.6) is 5.75 Å².